The summed E-state index contributed by atoms with van der Waals surface area (Å²) >= 11 is 0. The standard InChI is InChI=1S/C11H11F3N4/c12-11(13,14)8-1-5-18(6-2-8)10-9(7-15)16-3-4-17-10/h3-4,8H,1-2,5-6H2. The third kappa shape index (κ3) is 2.53. The van der Waals surface area contributed by atoms with Gasteiger partial charge < -0.3 is 4.90 Å². The van der Waals surface area contributed by atoms with Crippen LogP contribution in [0.25, 0.3) is 0 Å². The maximum absolute atomic E-state index is 12.5. The molecular weight excluding hydrogens is 245 g/mol. The van der Waals surface area contributed by atoms with Crippen LogP contribution in [-0.2, 0) is 0 Å². The summed E-state index contributed by atoms with van der Waals surface area (Å²) in [4.78, 5) is 9.56. The van der Waals surface area contributed by atoms with E-state index in [4.69, 9.17) is 5.26 Å². The van der Waals surface area contributed by atoms with Gasteiger partial charge in [-0.3, -0.25) is 0 Å². The average molecular weight is 256 g/mol. The molecular formula is C11H11F3N4. The summed E-state index contributed by atoms with van der Waals surface area (Å²) in [6.45, 7) is 0.495. The second-order valence-corrected chi connectivity index (χ2v) is 4.14. The summed E-state index contributed by atoms with van der Waals surface area (Å²) in [7, 11) is 0. The minimum atomic E-state index is -4.13. The zero-order valence-corrected chi connectivity index (χ0v) is 9.48. The van der Waals surface area contributed by atoms with Crippen LogP contribution in [0.5, 0.6) is 0 Å². The highest BCUT2D eigenvalue weighted by molar-refractivity contribution is 5.49. The maximum atomic E-state index is 12.5. The van der Waals surface area contributed by atoms with Crippen molar-refractivity contribution in [2.45, 2.75) is 19.0 Å². The van der Waals surface area contributed by atoms with Crippen LogP contribution in [0.15, 0.2) is 12.4 Å². The number of anilines is 1. The topological polar surface area (TPSA) is 52.8 Å². The first kappa shape index (κ1) is 12.6. The minimum absolute atomic E-state index is 0.0327. The Bertz CT molecular complexity index is 458. The van der Waals surface area contributed by atoms with Crippen molar-refractivity contribution in [1.29, 1.82) is 5.26 Å². The van der Waals surface area contributed by atoms with Crippen LogP contribution >= 0.6 is 0 Å². The number of nitrogens with zero attached hydrogens (tertiary/aromatic N) is 4. The number of hydrogen-bond acceptors (Lipinski definition) is 4. The van der Waals surface area contributed by atoms with Gasteiger partial charge in [-0.25, -0.2) is 9.97 Å². The molecule has 0 unspecified atom stereocenters. The van der Waals surface area contributed by atoms with E-state index in [0.29, 0.717) is 5.82 Å². The molecule has 18 heavy (non-hydrogen) atoms. The fourth-order valence-electron chi connectivity index (χ4n) is 2.06. The second-order valence-electron chi connectivity index (χ2n) is 4.14. The molecule has 0 amide bonds. The Morgan fingerprint density at radius 1 is 1.22 bits per heavy atom. The molecule has 1 aromatic heterocycles. The number of aromatic nitrogens is 2. The molecule has 1 aliphatic heterocycles. The summed E-state index contributed by atoms with van der Waals surface area (Å²) in [6.07, 6.45) is -1.24. The van der Waals surface area contributed by atoms with E-state index in [1.807, 2.05) is 6.07 Å². The first-order chi connectivity index (χ1) is 8.52. The van der Waals surface area contributed by atoms with E-state index in [1.54, 1.807) is 4.90 Å². The van der Waals surface area contributed by atoms with Gasteiger partial charge in [-0.15, -0.1) is 0 Å². The predicted molar refractivity (Wildman–Crippen MR) is 57.7 cm³/mol. The molecule has 7 heteroatoms. The lowest BCUT2D eigenvalue weighted by atomic mass is 9.96. The Kier molecular flexibility index (Phi) is 3.36. The number of nitriles is 1. The highest BCUT2D eigenvalue weighted by Gasteiger charge is 2.41. The first-order valence-electron chi connectivity index (χ1n) is 5.55. The predicted octanol–water partition coefficient (Wildman–Crippen LogP) is 2.13. The van der Waals surface area contributed by atoms with Crippen molar-refractivity contribution >= 4 is 5.82 Å². The molecule has 0 aromatic carbocycles. The number of piperidine rings is 1. The molecule has 2 rings (SSSR count). The number of alkyl halides is 3. The Morgan fingerprint density at radius 3 is 2.39 bits per heavy atom. The van der Waals surface area contributed by atoms with E-state index in [1.165, 1.54) is 12.4 Å². The lowest BCUT2D eigenvalue weighted by Gasteiger charge is -2.33. The second kappa shape index (κ2) is 4.80. The molecule has 0 bridgehead atoms. The van der Waals surface area contributed by atoms with Crippen molar-refractivity contribution in [2.24, 2.45) is 5.92 Å². The summed E-state index contributed by atoms with van der Waals surface area (Å²) in [5, 5.41) is 8.87. The van der Waals surface area contributed by atoms with Crippen LogP contribution in [-0.4, -0.2) is 29.2 Å². The van der Waals surface area contributed by atoms with Gasteiger partial charge in [0, 0.05) is 25.5 Å². The average Bonchev–Trinajstić information content (AvgIpc) is 2.38. The fourth-order valence-corrected chi connectivity index (χ4v) is 2.06. The van der Waals surface area contributed by atoms with Gasteiger partial charge in [0.1, 0.15) is 6.07 Å². The maximum Gasteiger partial charge on any atom is 0.391 e. The van der Waals surface area contributed by atoms with Crippen LogP contribution in [0.4, 0.5) is 19.0 Å². The van der Waals surface area contributed by atoms with Crippen LogP contribution in [0.2, 0.25) is 0 Å². The van der Waals surface area contributed by atoms with Gasteiger partial charge in [-0.2, -0.15) is 18.4 Å². The van der Waals surface area contributed by atoms with Crippen LogP contribution < -0.4 is 4.90 Å². The Hall–Kier alpha value is -1.84. The minimum Gasteiger partial charge on any atom is -0.354 e. The van der Waals surface area contributed by atoms with Crippen molar-refractivity contribution in [1.82, 2.24) is 9.97 Å². The largest absolute Gasteiger partial charge is 0.391 e. The van der Waals surface area contributed by atoms with Gasteiger partial charge in [0.15, 0.2) is 11.5 Å². The van der Waals surface area contributed by atoms with Gasteiger partial charge in [-0.05, 0) is 12.8 Å². The molecule has 1 fully saturated rings. The first-order valence-corrected chi connectivity index (χ1v) is 5.55. The smallest absolute Gasteiger partial charge is 0.354 e. The van der Waals surface area contributed by atoms with E-state index < -0.39 is 12.1 Å². The highest BCUT2D eigenvalue weighted by Crippen LogP contribution is 2.35. The zero-order valence-electron chi connectivity index (χ0n) is 9.48. The van der Waals surface area contributed by atoms with Gasteiger partial charge in [0.25, 0.3) is 0 Å². The van der Waals surface area contributed by atoms with Gasteiger partial charge in [0.05, 0.1) is 5.92 Å². The molecule has 0 atom stereocenters. The van der Waals surface area contributed by atoms with E-state index >= 15 is 0 Å². The molecule has 96 valence electrons. The SMILES string of the molecule is N#Cc1nccnc1N1CCC(C(F)(F)F)CC1. The molecule has 0 aliphatic carbocycles. The molecule has 1 saturated heterocycles. The van der Waals surface area contributed by atoms with Crippen molar-refractivity contribution in [3.05, 3.63) is 18.1 Å². The molecule has 0 N–H and O–H groups in total. The summed E-state index contributed by atoms with van der Waals surface area (Å²) < 4.78 is 37.6. The zero-order chi connectivity index (χ0) is 13.2. The molecule has 1 aromatic rings. The fraction of sp³-hybridized carbons (Fsp3) is 0.545. The summed E-state index contributed by atoms with van der Waals surface area (Å²) in [5.74, 6) is -0.878. The van der Waals surface area contributed by atoms with Crippen molar-refractivity contribution in [3.63, 3.8) is 0 Å². The van der Waals surface area contributed by atoms with Gasteiger partial charge in [-0.1, -0.05) is 0 Å². The lowest BCUT2D eigenvalue weighted by Crippen LogP contribution is -2.39. The van der Waals surface area contributed by atoms with E-state index in [0.717, 1.165) is 0 Å². The number of halogens is 3. The van der Waals surface area contributed by atoms with E-state index in [-0.39, 0.29) is 31.6 Å². The Balaban J connectivity index is 2.09. The normalized spacial score (nSPS) is 17.6. The van der Waals surface area contributed by atoms with Gasteiger partial charge in [0.2, 0.25) is 0 Å². The summed E-state index contributed by atoms with van der Waals surface area (Å²) in [5.41, 5.74) is 0.156. The Labute approximate surface area is 102 Å². The third-order valence-corrected chi connectivity index (χ3v) is 3.04. The van der Waals surface area contributed by atoms with E-state index in [9.17, 15) is 13.2 Å². The van der Waals surface area contributed by atoms with Crippen molar-refractivity contribution in [3.8, 4) is 6.07 Å². The molecule has 1 aliphatic rings. The molecule has 0 spiro atoms. The van der Waals surface area contributed by atoms with Crippen LogP contribution in [0.1, 0.15) is 18.5 Å². The Morgan fingerprint density at radius 2 is 1.83 bits per heavy atom. The molecule has 0 radical (unpaired) electrons. The highest BCUT2D eigenvalue weighted by atomic mass is 19.4. The lowest BCUT2D eigenvalue weighted by molar-refractivity contribution is -0.179. The molecule has 4 nitrogen and oxygen atoms in total. The van der Waals surface area contributed by atoms with E-state index in [2.05, 4.69) is 9.97 Å². The third-order valence-electron chi connectivity index (χ3n) is 3.04. The number of hydrogen-bond donors (Lipinski definition) is 0. The van der Waals surface area contributed by atoms with Crippen molar-refractivity contribution < 1.29 is 13.2 Å². The monoisotopic (exact) mass is 256 g/mol. The van der Waals surface area contributed by atoms with Crippen LogP contribution in [0.3, 0.4) is 0 Å². The van der Waals surface area contributed by atoms with Gasteiger partial charge >= 0.3 is 6.18 Å². The summed E-state index contributed by atoms with van der Waals surface area (Å²) in [6, 6.07) is 1.90. The van der Waals surface area contributed by atoms with Crippen molar-refractivity contribution in [2.75, 3.05) is 18.0 Å². The quantitative estimate of drug-likeness (QED) is 0.772. The molecule has 2 heterocycles. The van der Waals surface area contributed by atoms with Crippen LogP contribution in [0, 0.1) is 17.2 Å². The number of rotatable bonds is 1. The molecule has 0 saturated carbocycles.